The van der Waals surface area contributed by atoms with Gasteiger partial charge in [-0.25, -0.2) is 0 Å². The number of nitrogens with zero attached hydrogens (tertiary/aromatic N) is 2. The van der Waals surface area contributed by atoms with Crippen molar-refractivity contribution in [3.05, 3.63) is 38.1 Å². The third-order valence-electron chi connectivity index (χ3n) is 3.44. The molecule has 0 aliphatic rings. The van der Waals surface area contributed by atoms with Crippen molar-refractivity contribution in [2.45, 2.75) is 13.3 Å². The summed E-state index contributed by atoms with van der Waals surface area (Å²) in [6.45, 7) is 2.48. The zero-order valence-electron chi connectivity index (χ0n) is 13.6. The van der Waals surface area contributed by atoms with Gasteiger partial charge in [0.15, 0.2) is 11.5 Å². The molecule has 1 aromatic carbocycles. The van der Waals surface area contributed by atoms with Crippen molar-refractivity contribution in [1.29, 1.82) is 10.5 Å². The third kappa shape index (κ3) is 3.44. The number of aromatic amines is 1. The molecule has 0 unspecified atom stereocenters. The normalized spacial score (nSPS) is 9.96. The van der Waals surface area contributed by atoms with E-state index in [1.165, 1.54) is 7.11 Å². The second kappa shape index (κ2) is 7.73. The number of nitrogen functional groups attached to an aromatic ring is 1. The average molecular weight is 403 g/mol. The molecular formula is C17H15BrN4O3. The second-order valence-electron chi connectivity index (χ2n) is 5.05. The van der Waals surface area contributed by atoms with Gasteiger partial charge in [0.1, 0.15) is 29.1 Å². The highest BCUT2D eigenvalue weighted by atomic mass is 79.9. The number of hydrogen-bond acceptors (Lipinski definition) is 6. The van der Waals surface area contributed by atoms with E-state index in [1.54, 1.807) is 12.1 Å². The van der Waals surface area contributed by atoms with Crippen molar-refractivity contribution in [2.24, 2.45) is 0 Å². The molecule has 7 nitrogen and oxygen atoms in total. The van der Waals surface area contributed by atoms with Crippen molar-refractivity contribution >= 4 is 21.7 Å². The Morgan fingerprint density at radius 1 is 1.28 bits per heavy atom. The van der Waals surface area contributed by atoms with Crippen molar-refractivity contribution in [1.82, 2.24) is 4.98 Å². The summed E-state index contributed by atoms with van der Waals surface area (Å²) in [5.74, 6) is 0.815. The van der Waals surface area contributed by atoms with Crippen LogP contribution in [0.2, 0.25) is 0 Å². The van der Waals surface area contributed by atoms with Crippen molar-refractivity contribution in [2.75, 3.05) is 19.5 Å². The first-order valence-corrected chi connectivity index (χ1v) is 8.14. The van der Waals surface area contributed by atoms with Crippen LogP contribution in [-0.2, 0) is 0 Å². The zero-order valence-corrected chi connectivity index (χ0v) is 15.2. The van der Waals surface area contributed by atoms with Crippen LogP contribution in [-0.4, -0.2) is 18.7 Å². The van der Waals surface area contributed by atoms with Gasteiger partial charge in [0.2, 0.25) is 0 Å². The number of ether oxygens (including phenoxy) is 2. The van der Waals surface area contributed by atoms with Crippen LogP contribution in [0.1, 0.15) is 24.5 Å². The number of nitrogens with two attached hydrogens (primary N) is 1. The lowest BCUT2D eigenvalue weighted by atomic mass is 9.96. The number of benzene rings is 1. The van der Waals surface area contributed by atoms with Crippen LogP contribution >= 0.6 is 15.9 Å². The minimum absolute atomic E-state index is 0.0207. The van der Waals surface area contributed by atoms with Gasteiger partial charge in [-0.05, 0) is 40.0 Å². The van der Waals surface area contributed by atoms with Crippen LogP contribution in [0.4, 0.5) is 5.82 Å². The number of anilines is 1. The molecule has 0 spiro atoms. The second-order valence-corrected chi connectivity index (χ2v) is 5.91. The van der Waals surface area contributed by atoms with E-state index in [9.17, 15) is 15.3 Å². The van der Waals surface area contributed by atoms with Gasteiger partial charge in [-0.15, -0.1) is 0 Å². The van der Waals surface area contributed by atoms with E-state index in [0.29, 0.717) is 28.1 Å². The van der Waals surface area contributed by atoms with Gasteiger partial charge in [-0.3, -0.25) is 4.79 Å². The molecular weight excluding hydrogens is 388 g/mol. The van der Waals surface area contributed by atoms with Gasteiger partial charge in [0.05, 0.1) is 18.2 Å². The predicted octanol–water partition coefficient (Wildman–Crippen LogP) is 2.93. The summed E-state index contributed by atoms with van der Waals surface area (Å²) < 4.78 is 11.6. The van der Waals surface area contributed by atoms with E-state index in [1.807, 2.05) is 19.1 Å². The quantitative estimate of drug-likeness (QED) is 0.791. The third-order valence-corrected chi connectivity index (χ3v) is 4.03. The minimum atomic E-state index is -0.657. The summed E-state index contributed by atoms with van der Waals surface area (Å²) in [6, 6.07) is 7.03. The molecule has 2 rings (SSSR count). The molecule has 0 bridgehead atoms. The van der Waals surface area contributed by atoms with Crippen molar-refractivity contribution in [3.63, 3.8) is 0 Å². The molecule has 8 heteroatoms. The highest BCUT2D eigenvalue weighted by molar-refractivity contribution is 9.10. The predicted molar refractivity (Wildman–Crippen MR) is 96.4 cm³/mol. The molecule has 0 saturated carbocycles. The first kappa shape index (κ1) is 18.4. The van der Waals surface area contributed by atoms with Crippen molar-refractivity contribution in [3.8, 4) is 34.8 Å². The summed E-state index contributed by atoms with van der Waals surface area (Å²) in [5, 5.41) is 18.8. The van der Waals surface area contributed by atoms with Gasteiger partial charge in [-0.1, -0.05) is 6.92 Å². The molecule has 25 heavy (non-hydrogen) atoms. The van der Waals surface area contributed by atoms with E-state index in [2.05, 4.69) is 20.9 Å². The zero-order chi connectivity index (χ0) is 18.6. The Morgan fingerprint density at radius 3 is 2.52 bits per heavy atom. The van der Waals surface area contributed by atoms with E-state index in [-0.39, 0.29) is 22.5 Å². The Balaban J connectivity index is 2.80. The van der Waals surface area contributed by atoms with Gasteiger partial charge in [0.25, 0.3) is 5.56 Å². The standard InChI is InChI=1S/C17H15BrN4O3/c1-3-4-25-15-12(18)5-9(6-13(15)24-2)14-10(7-19)16(21)22-17(23)11(14)8-20/h5-6H,3-4H2,1-2H3,(H3,21,22,23). The maximum atomic E-state index is 12.0. The van der Waals surface area contributed by atoms with Crippen LogP contribution in [0.25, 0.3) is 11.1 Å². The Kier molecular flexibility index (Phi) is 5.68. The lowest BCUT2D eigenvalue weighted by molar-refractivity contribution is 0.292. The number of methoxy groups -OCH3 is 1. The number of H-pyrrole nitrogens is 1. The maximum absolute atomic E-state index is 12.0. The summed E-state index contributed by atoms with van der Waals surface area (Å²) >= 11 is 3.41. The monoisotopic (exact) mass is 402 g/mol. The smallest absolute Gasteiger partial charge is 0.268 e. The minimum Gasteiger partial charge on any atom is -0.493 e. The van der Waals surface area contributed by atoms with Crippen LogP contribution < -0.4 is 20.8 Å². The number of nitrogens with one attached hydrogen (secondary N) is 1. The van der Waals surface area contributed by atoms with Gasteiger partial charge >= 0.3 is 0 Å². The van der Waals surface area contributed by atoms with Crippen LogP contribution in [0.15, 0.2) is 21.4 Å². The van der Waals surface area contributed by atoms with Crippen LogP contribution in [0, 0.1) is 22.7 Å². The molecule has 1 aromatic heterocycles. The van der Waals surface area contributed by atoms with E-state index in [0.717, 1.165) is 6.42 Å². The summed E-state index contributed by atoms with van der Waals surface area (Å²) in [6.07, 6.45) is 0.819. The molecule has 0 saturated heterocycles. The Bertz CT molecular complexity index is 954. The van der Waals surface area contributed by atoms with E-state index < -0.39 is 5.56 Å². The fourth-order valence-corrected chi connectivity index (χ4v) is 2.90. The number of rotatable bonds is 5. The number of aromatic nitrogens is 1. The molecule has 0 aliphatic heterocycles. The first-order valence-electron chi connectivity index (χ1n) is 7.35. The maximum Gasteiger partial charge on any atom is 0.268 e. The largest absolute Gasteiger partial charge is 0.493 e. The fourth-order valence-electron chi connectivity index (χ4n) is 2.34. The highest BCUT2D eigenvalue weighted by Crippen LogP contribution is 2.41. The van der Waals surface area contributed by atoms with Crippen LogP contribution in [0.3, 0.4) is 0 Å². The Morgan fingerprint density at radius 2 is 1.96 bits per heavy atom. The topological polar surface area (TPSA) is 125 Å². The molecule has 128 valence electrons. The SMILES string of the molecule is CCCOc1c(Br)cc(-c2c(C#N)c(N)[nH]c(=O)c2C#N)cc1OC. The summed E-state index contributed by atoms with van der Waals surface area (Å²) in [4.78, 5) is 14.4. The molecule has 0 atom stereocenters. The molecule has 0 aliphatic carbocycles. The lowest BCUT2D eigenvalue weighted by Gasteiger charge is -2.15. The average Bonchev–Trinajstić information content (AvgIpc) is 2.59. The molecule has 0 radical (unpaired) electrons. The van der Waals surface area contributed by atoms with Gasteiger partial charge < -0.3 is 20.2 Å². The molecule has 1 heterocycles. The molecule has 0 fully saturated rings. The number of nitriles is 2. The molecule has 2 aromatic rings. The number of halogens is 1. The fraction of sp³-hybridized carbons (Fsp3) is 0.235. The van der Waals surface area contributed by atoms with Gasteiger partial charge in [0, 0.05) is 5.56 Å². The first-order chi connectivity index (χ1) is 12.0. The van der Waals surface area contributed by atoms with E-state index in [4.69, 9.17) is 15.2 Å². The number of hydrogen-bond donors (Lipinski definition) is 2. The Labute approximate surface area is 152 Å². The molecule has 3 N–H and O–H groups in total. The summed E-state index contributed by atoms with van der Waals surface area (Å²) in [5.41, 5.74) is 5.52. The highest BCUT2D eigenvalue weighted by Gasteiger charge is 2.21. The van der Waals surface area contributed by atoms with Gasteiger partial charge in [-0.2, -0.15) is 10.5 Å². The molecule has 0 amide bonds. The lowest BCUT2D eigenvalue weighted by Crippen LogP contribution is -2.16. The van der Waals surface area contributed by atoms with E-state index >= 15 is 0 Å². The van der Waals surface area contributed by atoms with Crippen LogP contribution in [0.5, 0.6) is 11.5 Å². The Hall–Kier alpha value is -2.97. The summed E-state index contributed by atoms with van der Waals surface area (Å²) in [7, 11) is 1.48. The number of pyridine rings is 1. The van der Waals surface area contributed by atoms with Crippen molar-refractivity contribution < 1.29 is 9.47 Å².